The molecule has 0 aliphatic carbocycles. The van der Waals surface area contributed by atoms with Crippen molar-refractivity contribution in [2.45, 2.75) is 148 Å². The molecule has 2 aromatic carbocycles. The van der Waals surface area contributed by atoms with Crippen LogP contribution < -0.4 is 9.47 Å². The lowest BCUT2D eigenvalue weighted by atomic mass is 9.95. The van der Waals surface area contributed by atoms with E-state index in [-0.39, 0.29) is 5.78 Å². The molecule has 7 heteroatoms. The first-order chi connectivity index (χ1) is 25.1. The van der Waals surface area contributed by atoms with Crippen molar-refractivity contribution in [2.75, 3.05) is 53.9 Å². The van der Waals surface area contributed by atoms with Gasteiger partial charge in [0.1, 0.15) is 24.7 Å². The average molecular weight is 713 g/mol. The van der Waals surface area contributed by atoms with Gasteiger partial charge in [0.15, 0.2) is 0 Å². The molecule has 0 atom stereocenters. The number of benzene rings is 2. The van der Waals surface area contributed by atoms with Gasteiger partial charge in [-0.3, -0.25) is 4.79 Å². The maximum atomic E-state index is 13.7. The third-order valence-electron chi connectivity index (χ3n) is 9.50. The molecule has 0 aliphatic rings. The highest BCUT2D eigenvalue weighted by Gasteiger charge is 2.41. The summed E-state index contributed by atoms with van der Waals surface area (Å²) >= 11 is 0. The van der Waals surface area contributed by atoms with Crippen LogP contribution in [-0.2, 0) is 24.7 Å². The van der Waals surface area contributed by atoms with E-state index in [9.17, 15) is 4.79 Å². The Kier molecular flexibility index (Phi) is 26.3. The summed E-state index contributed by atoms with van der Waals surface area (Å²) < 4.78 is 34.7. The molecular formula is C44H72O7. The van der Waals surface area contributed by atoms with Crippen molar-refractivity contribution in [3.63, 3.8) is 0 Å². The molecule has 7 nitrogen and oxygen atoms in total. The van der Waals surface area contributed by atoms with Crippen LogP contribution in [0.3, 0.4) is 0 Å². The van der Waals surface area contributed by atoms with Crippen molar-refractivity contribution in [3.8, 4) is 11.5 Å². The number of rotatable bonds is 35. The van der Waals surface area contributed by atoms with Crippen LogP contribution in [0.25, 0.3) is 0 Å². The fourth-order valence-electron chi connectivity index (χ4n) is 6.32. The lowest BCUT2D eigenvalue weighted by molar-refractivity contribution is -0.176. The van der Waals surface area contributed by atoms with Gasteiger partial charge in [0.05, 0.1) is 13.2 Å². The highest BCUT2D eigenvalue weighted by molar-refractivity contribution is 6.02. The number of carbonyl (C=O) groups excluding carboxylic acids is 1. The molecule has 0 spiro atoms. The number of hydrogen-bond donors (Lipinski definition) is 0. The van der Waals surface area contributed by atoms with E-state index < -0.39 is 5.79 Å². The minimum atomic E-state index is -1.58. The zero-order chi connectivity index (χ0) is 36.7. The van der Waals surface area contributed by atoms with E-state index in [2.05, 4.69) is 13.8 Å². The number of ether oxygens (including phenoxy) is 6. The summed E-state index contributed by atoms with van der Waals surface area (Å²) in [7, 11) is 2.95. The molecule has 0 amide bonds. The fourth-order valence-corrected chi connectivity index (χ4v) is 6.32. The largest absolute Gasteiger partial charge is 0.491 e. The van der Waals surface area contributed by atoms with E-state index in [0.29, 0.717) is 49.1 Å². The summed E-state index contributed by atoms with van der Waals surface area (Å²) in [5.74, 6) is -0.498. The van der Waals surface area contributed by atoms with Crippen LogP contribution in [0.1, 0.15) is 158 Å². The smallest absolute Gasteiger partial charge is 0.260 e. The van der Waals surface area contributed by atoms with E-state index in [1.54, 1.807) is 36.4 Å². The molecule has 0 unspecified atom stereocenters. The van der Waals surface area contributed by atoms with Gasteiger partial charge in [-0.1, -0.05) is 129 Å². The SMILES string of the molecule is CCCCCCCCCCCCOCCOc1ccc(C(=O)C(OC)(OC)c2ccc(OCCOCCCCCCCCCCCC)cc2)cc1. The van der Waals surface area contributed by atoms with Crippen LogP contribution in [0.5, 0.6) is 11.5 Å². The van der Waals surface area contributed by atoms with E-state index in [4.69, 9.17) is 28.4 Å². The molecule has 2 rings (SSSR count). The van der Waals surface area contributed by atoms with Crippen LogP contribution in [0.4, 0.5) is 0 Å². The van der Waals surface area contributed by atoms with Crippen molar-refractivity contribution in [2.24, 2.45) is 0 Å². The molecule has 0 fully saturated rings. The highest BCUT2D eigenvalue weighted by Crippen LogP contribution is 2.32. The van der Waals surface area contributed by atoms with Crippen LogP contribution >= 0.6 is 0 Å². The summed E-state index contributed by atoms with van der Waals surface area (Å²) in [6, 6.07) is 14.3. The number of carbonyl (C=O) groups is 1. The lowest BCUT2D eigenvalue weighted by Crippen LogP contribution is -2.40. The molecule has 0 radical (unpaired) electrons. The van der Waals surface area contributed by atoms with Gasteiger partial charge < -0.3 is 28.4 Å². The van der Waals surface area contributed by atoms with Gasteiger partial charge in [-0.15, -0.1) is 0 Å². The van der Waals surface area contributed by atoms with Crippen molar-refractivity contribution >= 4 is 5.78 Å². The van der Waals surface area contributed by atoms with E-state index in [1.165, 1.54) is 130 Å². The Bertz CT molecular complexity index is 1080. The molecular weight excluding hydrogens is 640 g/mol. The number of methoxy groups -OCH3 is 2. The monoisotopic (exact) mass is 713 g/mol. The Morgan fingerprint density at radius 1 is 0.451 bits per heavy atom. The third-order valence-corrected chi connectivity index (χ3v) is 9.50. The molecule has 0 saturated carbocycles. The van der Waals surface area contributed by atoms with Crippen molar-refractivity contribution < 1.29 is 33.2 Å². The first-order valence-corrected chi connectivity index (χ1v) is 20.4. The minimum absolute atomic E-state index is 0.298. The van der Waals surface area contributed by atoms with Crippen molar-refractivity contribution in [3.05, 3.63) is 59.7 Å². The Hall–Kier alpha value is -2.45. The summed E-state index contributed by atoms with van der Waals surface area (Å²) in [6.45, 7) is 8.09. The Morgan fingerprint density at radius 3 is 1.18 bits per heavy atom. The molecule has 51 heavy (non-hydrogen) atoms. The summed E-state index contributed by atoms with van der Waals surface area (Å²) in [6.07, 6.45) is 26.3. The quantitative estimate of drug-likeness (QED) is 0.0400. The average Bonchev–Trinajstić information content (AvgIpc) is 3.16. The predicted octanol–water partition coefficient (Wildman–Crippen LogP) is 11.6. The van der Waals surface area contributed by atoms with Crippen molar-refractivity contribution in [1.29, 1.82) is 0 Å². The van der Waals surface area contributed by atoms with Gasteiger partial charge in [0.2, 0.25) is 5.78 Å². The van der Waals surface area contributed by atoms with Gasteiger partial charge in [0.25, 0.3) is 5.79 Å². The zero-order valence-electron chi connectivity index (χ0n) is 32.9. The maximum absolute atomic E-state index is 13.7. The molecule has 0 N–H and O–H groups in total. The van der Waals surface area contributed by atoms with Crippen LogP contribution in [0.2, 0.25) is 0 Å². The maximum Gasteiger partial charge on any atom is 0.260 e. The molecule has 0 aliphatic heterocycles. The van der Waals surface area contributed by atoms with E-state index in [0.717, 1.165) is 26.1 Å². The summed E-state index contributed by atoms with van der Waals surface area (Å²) in [4.78, 5) is 13.7. The van der Waals surface area contributed by atoms with Crippen LogP contribution in [0.15, 0.2) is 48.5 Å². The first kappa shape index (κ1) is 44.7. The first-order valence-electron chi connectivity index (χ1n) is 20.4. The standard InChI is InChI=1S/C44H72O7/c1-5-7-9-11-13-15-17-19-21-23-33-48-35-37-50-41-29-25-39(26-30-41)43(45)44(46-3,47-4)40-27-31-42(32-28-40)51-38-36-49-34-24-22-20-18-16-14-12-10-8-6-2/h25-32H,5-24,33-38H2,1-4H3. The normalized spacial score (nSPS) is 11.6. The van der Waals surface area contributed by atoms with Crippen LogP contribution in [0, 0.1) is 0 Å². The Morgan fingerprint density at radius 2 is 0.804 bits per heavy atom. The van der Waals surface area contributed by atoms with E-state index >= 15 is 0 Å². The predicted molar refractivity (Wildman–Crippen MR) is 209 cm³/mol. The minimum Gasteiger partial charge on any atom is -0.491 e. The summed E-state index contributed by atoms with van der Waals surface area (Å²) in [5, 5.41) is 0. The molecule has 290 valence electrons. The van der Waals surface area contributed by atoms with Gasteiger partial charge in [-0.05, 0) is 61.4 Å². The number of Topliss-reactive ketones (excluding diaryl/α,β-unsaturated/α-hetero) is 1. The summed E-state index contributed by atoms with van der Waals surface area (Å²) in [5.41, 5.74) is 1.05. The Labute approximate surface area is 311 Å². The number of unbranched alkanes of at least 4 members (excludes halogenated alkanes) is 18. The molecule has 0 saturated heterocycles. The van der Waals surface area contributed by atoms with Crippen molar-refractivity contribution in [1.82, 2.24) is 0 Å². The van der Waals surface area contributed by atoms with Gasteiger partial charge in [0, 0.05) is 38.6 Å². The second-order valence-corrected chi connectivity index (χ2v) is 13.7. The number of hydrogen-bond acceptors (Lipinski definition) is 7. The van der Waals surface area contributed by atoms with E-state index in [1.807, 2.05) is 12.1 Å². The second-order valence-electron chi connectivity index (χ2n) is 13.7. The zero-order valence-corrected chi connectivity index (χ0v) is 32.9. The molecule has 2 aromatic rings. The topological polar surface area (TPSA) is 72.5 Å². The fraction of sp³-hybridized carbons (Fsp3) is 0.705. The lowest BCUT2D eigenvalue weighted by Gasteiger charge is -2.30. The Balaban J connectivity index is 1.63. The molecule has 0 aromatic heterocycles. The van der Waals surface area contributed by atoms with Gasteiger partial charge in [-0.25, -0.2) is 0 Å². The highest BCUT2D eigenvalue weighted by atomic mass is 16.7. The van der Waals surface area contributed by atoms with Crippen LogP contribution in [-0.4, -0.2) is 59.6 Å². The molecule has 0 heterocycles. The molecule has 0 bridgehead atoms. The third kappa shape index (κ3) is 19.3. The van der Waals surface area contributed by atoms with Gasteiger partial charge >= 0.3 is 0 Å². The second kappa shape index (κ2) is 30.1. The number of ketones is 1. The van der Waals surface area contributed by atoms with Gasteiger partial charge in [-0.2, -0.15) is 0 Å².